The molecule has 2 bridgehead atoms. The Labute approximate surface area is 399 Å². The molecule has 3 heterocycles. The molecule has 12 aromatic rings. The summed E-state index contributed by atoms with van der Waals surface area (Å²) >= 11 is 0. The van der Waals surface area contributed by atoms with Gasteiger partial charge in [-0.1, -0.05) is 194 Å². The molecule has 0 saturated heterocycles. The number of para-hydroxylation sites is 2. The molecule has 2 atom stereocenters. The van der Waals surface area contributed by atoms with E-state index in [0.717, 1.165) is 55.9 Å². The summed E-state index contributed by atoms with van der Waals surface area (Å²) in [6, 6.07) is 81.7. The first-order chi connectivity index (χ1) is 34.2. The fraction of sp³-hybridized carbons (Fsp3) is 0.0317. The Bertz CT molecular complexity index is 3860. The standard InChI is InChI=1S/C63H40N6/c1-4-17-39(18-5-1)60-64-54(38-57(65-60)69-55-29-14-12-25-46(55)47-26-13-15-30-56(47)69)44-24-16-23-42(35-44)43-31-33-50-52(36-43)58-48-27-10-11-28-49(48)59(50)53-37-45(32-34-51(53)58)63-67-61(40-19-6-2-7-20-40)66-62(68-63)41-21-8-3-9-22-41/h1-38,58-59H. The van der Waals surface area contributed by atoms with Crippen molar-refractivity contribution in [2.45, 2.75) is 11.8 Å². The fourth-order valence-electron chi connectivity index (χ4n) is 10.9. The van der Waals surface area contributed by atoms with E-state index in [1.165, 1.54) is 49.7 Å². The Hall–Kier alpha value is -9.13. The molecular formula is C63H40N6. The topological polar surface area (TPSA) is 69.4 Å². The SMILES string of the molecule is c1ccc(-c2nc(-c3cccc(-c4ccc5c(c4)C4c6ccccc6C5c5cc(-c6nc(-c7ccccc7)nc(-c7ccccc7)n6)ccc54)c3)cc(-n3c4ccccc4c4ccccc43)n2)cc1. The predicted octanol–water partition coefficient (Wildman–Crippen LogP) is 14.7. The van der Waals surface area contributed by atoms with Gasteiger partial charge in [0.1, 0.15) is 5.82 Å². The van der Waals surface area contributed by atoms with Crippen molar-refractivity contribution in [2.75, 3.05) is 0 Å². The summed E-state index contributed by atoms with van der Waals surface area (Å²) in [6.45, 7) is 0. The summed E-state index contributed by atoms with van der Waals surface area (Å²) < 4.78 is 2.28. The lowest BCUT2D eigenvalue weighted by Gasteiger charge is -2.42. The molecule has 0 fully saturated rings. The predicted molar refractivity (Wildman–Crippen MR) is 277 cm³/mol. The van der Waals surface area contributed by atoms with Crippen LogP contribution in [0.5, 0.6) is 0 Å². The fourth-order valence-corrected chi connectivity index (χ4v) is 10.9. The summed E-state index contributed by atoms with van der Waals surface area (Å²) in [5.41, 5.74) is 18.3. The van der Waals surface area contributed by atoms with Crippen molar-refractivity contribution in [1.29, 1.82) is 0 Å². The van der Waals surface area contributed by atoms with E-state index >= 15 is 0 Å². The van der Waals surface area contributed by atoms with E-state index in [4.69, 9.17) is 24.9 Å². The zero-order valence-corrected chi connectivity index (χ0v) is 37.3. The van der Waals surface area contributed by atoms with Crippen LogP contribution in [0.2, 0.25) is 0 Å². The Morgan fingerprint density at radius 1 is 0.261 bits per heavy atom. The van der Waals surface area contributed by atoms with Gasteiger partial charge in [0.25, 0.3) is 0 Å². The van der Waals surface area contributed by atoms with Gasteiger partial charge in [0.2, 0.25) is 0 Å². The van der Waals surface area contributed by atoms with Crippen molar-refractivity contribution in [2.24, 2.45) is 0 Å². The second kappa shape index (κ2) is 15.8. The third kappa shape index (κ3) is 6.45. The average molecular weight is 881 g/mol. The summed E-state index contributed by atoms with van der Waals surface area (Å²) in [6.07, 6.45) is 0. The van der Waals surface area contributed by atoms with Crippen LogP contribution in [0.1, 0.15) is 45.2 Å². The quantitative estimate of drug-likeness (QED) is 0.159. The van der Waals surface area contributed by atoms with Gasteiger partial charge in [0, 0.05) is 56.5 Å². The summed E-state index contributed by atoms with van der Waals surface area (Å²) in [5, 5.41) is 2.39. The first-order valence-electron chi connectivity index (χ1n) is 23.5. The van der Waals surface area contributed by atoms with Gasteiger partial charge in [-0.15, -0.1) is 0 Å². The maximum Gasteiger partial charge on any atom is 0.164 e. The lowest BCUT2D eigenvalue weighted by atomic mass is 9.60. The van der Waals surface area contributed by atoms with Crippen LogP contribution in [0.4, 0.5) is 0 Å². The molecule has 0 N–H and O–H groups in total. The highest BCUT2D eigenvalue weighted by Gasteiger charge is 2.41. The maximum atomic E-state index is 5.26. The van der Waals surface area contributed by atoms with E-state index in [1.54, 1.807) is 0 Å². The van der Waals surface area contributed by atoms with Crippen molar-refractivity contribution in [1.82, 2.24) is 29.5 Å². The number of hydrogen-bond acceptors (Lipinski definition) is 5. The summed E-state index contributed by atoms with van der Waals surface area (Å²) in [4.78, 5) is 25.7. The molecular weight excluding hydrogens is 841 g/mol. The average Bonchev–Trinajstić information content (AvgIpc) is 3.77. The number of nitrogens with zero attached hydrogens (tertiary/aromatic N) is 6. The Kier molecular flexibility index (Phi) is 8.92. The van der Waals surface area contributed by atoms with E-state index in [0.29, 0.717) is 23.3 Å². The van der Waals surface area contributed by atoms with Gasteiger partial charge in [-0.2, -0.15) is 0 Å². The molecule has 3 aliphatic rings. The monoisotopic (exact) mass is 880 g/mol. The second-order valence-corrected chi connectivity index (χ2v) is 18.0. The van der Waals surface area contributed by atoms with Crippen LogP contribution < -0.4 is 0 Å². The zero-order valence-electron chi connectivity index (χ0n) is 37.3. The van der Waals surface area contributed by atoms with Crippen LogP contribution in [-0.4, -0.2) is 29.5 Å². The van der Waals surface area contributed by atoms with E-state index < -0.39 is 0 Å². The van der Waals surface area contributed by atoms with Gasteiger partial charge >= 0.3 is 0 Å². The van der Waals surface area contributed by atoms with Gasteiger partial charge in [0.15, 0.2) is 23.3 Å². The number of rotatable bonds is 7. The van der Waals surface area contributed by atoms with Crippen molar-refractivity contribution in [3.63, 3.8) is 0 Å². The van der Waals surface area contributed by atoms with Gasteiger partial charge in [-0.3, -0.25) is 4.57 Å². The maximum absolute atomic E-state index is 5.26. The largest absolute Gasteiger partial charge is 0.294 e. The molecule has 3 aliphatic carbocycles. The van der Waals surface area contributed by atoms with E-state index in [-0.39, 0.29) is 11.8 Å². The Morgan fingerprint density at radius 2 is 0.667 bits per heavy atom. The molecule has 2 unspecified atom stereocenters. The van der Waals surface area contributed by atoms with Crippen molar-refractivity contribution in [3.05, 3.63) is 264 Å². The van der Waals surface area contributed by atoms with E-state index in [2.05, 4.69) is 180 Å². The van der Waals surface area contributed by atoms with Gasteiger partial charge in [-0.25, -0.2) is 24.9 Å². The van der Waals surface area contributed by atoms with Crippen LogP contribution in [-0.2, 0) is 0 Å². The first-order valence-corrected chi connectivity index (χ1v) is 23.5. The highest BCUT2D eigenvalue weighted by atomic mass is 15.1. The normalized spacial score (nSPS) is 14.4. The molecule has 3 aromatic heterocycles. The molecule has 0 spiro atoms. The summed E-state index contributed by atoms with van der Waals surface area (Å²) in [5.74, 6) is 3.64. The molecule has 0 aliphatic heterocycles. The smallest absolute Gasteiger partial charge is 0.164 e. The molecule has 6 heteroatoms. The molecule has 9 aromatic carbocycles. The number of benzene rings is 9. The minimum atomic E-state index is 0.0669. The zero-order chi connectivity index (χ0) is 45.4. The third-order valence-corrected chi connectivity index (χ3v) is 14.0. The minimum Gasteiger partial charge on any atom is -0.294 e. The summed E-state index contributed by atoms with van der Waals surface area (Å²) in [7, 11) is 0. The van der Waals surface area contributed by atoms with Gasteiger partial charge in [-0.05, 0) is 74.8 Å². The molecule has 15 rings (SSSR count). The molecule has 0 saturated carbocycles. The molecule has 69 heavy (non-hydrogen) atoms. The van der Waals surface area contributed by atoms with Gasteiger partial charge in [0.05, 0.1) is 16.7 Å². The Morgan fingerprint density at radius 3 is 1.23 bits per heavy atom. The van der Waals surface area contributed by atoms with Crippen LogP contribution in [0.25, 0.3) is 95.6 Å². The molecule has 0 radical (unpaired) electrons. The Balaban J connectivity index is 0.872. The number of fused-ring (bicyclic) bond motifs is 3. The highest BCUT2D eigenvalue weighted by molar-refractivity contribution is 6.09. The first kappa shape index (κ1) is 39.1. The second-order valence-electron chi connectivity index (χ2n) is 18.0. The number of hydrogen-bond donors (Lipinski definition) is 0. The van der Waals surface area contributed by atoms with Crippen LogP contribution in [0.15, 0.2) is 231 Å². The van der Waals surface area contributed by atoms with E-state index in [1.807, 2.05) is 54.6 Å². The highest BCUT2D eigenvalue weighted by Crippen LogP contribution is 2.56. The lowest BCUT2D eigenvalue weighted by molar-refractivity contribution is 0.755. The van der Waals surface area contributed by atoms with Crippen molar-refractivity contribution < 1.29 is 0 Å². The molecule has 322 valence electrons. The third-order valence-electron chi connectivity index (χ3n) is 14.0. The van der Waals surface area contributed by atoms with Crippen molar-refractivity contribution >= 4 is 21.8 Å². The minimum absolute atomic E-state index is 0.0669. The molecule has 6 nitrogen and oxygen atoms in total. The van der Waals surface area contributed by atoms with Crippen LogP contribution in [0, 0.1) is 0 Å². The molecule has 0 amide bonds. The van der Waals surface area contributed by atoms with Crippen molar-refractivity contribution in [3.8, 4) is 73.8 Å². The van der Waals surface area contributed by atoms with Gasteiger partial charge < -0.3 is 0 Å². The van der Waals surface area contributed by atoms with Crippen LogP contribution >= 0.6 is 0 Å². The number of aromatic nitrogens is 6. The van der Waals surface area contributed by atoms with E-state index in [9.17, 15) is 0 Å². The lowest BCUT2D eigenvalue weighted by Crippen LogP contribution is -2.27. The van der Waals surface area contributed by atoms with Crippen LogP contribution in [0.3, 0.4) is 0 Å².